The molecule has 0 aromatic carbocycles. The number of nitrogens with two attached hydrogens (primary N) is 2. The monoisotopic (exact) mass is 168 g/mol. The SMILES string of the molecule is N#CCC#N.NC(=O)CC(N)=O. The molecule has 0 unspecified atom stereocenters. The molecule has 0 aromatic heterocycles. The molecule has 0 spiro atoms. The molecule has 0 atom stereocenters. The Morgan fingerprint density at radius 1 is 1.08 bits per heavy atom. The number of hydrogen-bond acceptors (Lipinski definition) is 4. The Bertz CT molecular complexity index is 211. The molecule has 0 saturated carbocycles. The Kier molecular flexibility index (Phi) is 9.35. The molecule has 0 aliphatic rings. The summed E-state index contributed by atoms with van der Waals surface area (Å²) >= 11 is 0. The van der Waals surface area contributed by atoms with Crippen molar-refractivity contribution in [2.24, 2.45) is 11.5 Å². The molecule has 0 bridgehead atoms. The zero-order chi connectivity index (χ0) is 9.98. The van der Waals surface area contributed by atoms with Gasteiger partial charge in [0.1, 0.15) is 12.8 Å². The van der Waals surface area contributed by atoms with E-state index >= 15 is 0 Å². The van der Waals surface area contributed by atoms with Gasteiger partial charge in [0, 0.05) is 0 Å². The molecule has 4 N–H and O–H groups in total. The van der Waals surface area contributed by atoms with Crippen molar-refractivity contribution >= 4 is 11.8 Å². The summed E-state index contributed by atoms with van der Waals surface area (Å²) in [6.07, 6.45) is -0.361. The lowest BCUT2D eigenvalue weighted by atomic mass is 10.4. The quantitative estimate of drug-likeness (QED) is 0.499. The first-order valence-corrected chi connectivity index (χ1v) is 2.85. The van der Waals surface area contributed by atoms with Gasteiger partial charge in [0.15, 0.2) is 0 Å². The Morgan fingerprint density at radius 2 is 1.42 bits per heavy atom. The number of nitriles is 2. The highest BCUT2D eigenvalue weighted by atomic mass is 16.2. The van der Waals surface area contributed by atoms with Crippen LogP contribution in [0.4, 0.5) is 0 Å². The second kappa shape index (κ2) is 8.92. The highest BCUT2D eigenvalue weighted by Gasteiger charge is 1.96. The van der Waals surface area contributed by atoms with E-state index in [0.717, 1.165) is 0 Å². The van der Waals surface area contributed by atoms with Crippen molar-refractivity contribution in [1.29, 1.82) is 10.5 Å². The summed E-state index contributed by atoms with van der Waals surface area (Å²) < 4.78 is 0. The first-order chi connectivity index (χ1) is 5.54. The standard InChI is InChI=1S/C3H6N2O2.C3H2N2/c4-2(6)1-3(5)7;4-2-1-3-5/h1H2,(H2,4,6)(H2,5,7);1H2. The van der Waals surface area contributed by atoms with E-state index in [1.54, 1.807) is 12.1 Å². The minimum Gasteiger partial charge on any atom is -0.369 e. The lowest BCUT2D eigenvalue weighted by Crippen LogP contribution is -2.21. The maximum Gasteiger partial charge on any atom is 0.226 e. The molecule has 0 aliphatic carbocycles. The molecular formula is C6H8N4O2. The number of nitrogens with zero attached hydrogens (tertiary/aromatic N) is 2. The molecular weight excluding hydrogens is 160 g/mol. The van der Waals surface area contributed by atoms with E-state index in [4.69, 9.17) is 10.5 Å². The van der Waals surface area contributed by atoms with Gasteiger partial charge >= 0.3 is 0 Å². The smallest absolute Gasteiger partial charge is 0.226 e. The maximum atomic E-state index is 9.73. The minimum absolute atomic E-state index is 0. The predicted octanol–water partition coefficient (Wildman–Crippen LogP) is -1.23. The van der Waals surface area contributed by atoms with Gasteiger partial charge in [0.25, 0.3) is 0 Å². The van der Waals surface area contributed by atoms with Crippen molar-refractivity contribution in [2.45, 2.75) is 12.8 Å². The Balaban J connectivity index is 0. The zero-order valence-electron chi connectivity index (χ0n) is 6.28. The van der Waals surface area contributed by atoms with Crippen LogP contribution in [0, 0.1) is 22.7 Å². The molecule has 0 rings (SSSR count). The third kappa shape index (κ3) is 24.7. The summed E-state index contributed by atoms with van der Waals surface area (Å²) in [4.78, 5) is 19.5. The average molecular weight is 168 g/mol. The van der Waals surface area contributed by atoms with Crippen LogP contribution in [-0.2, 0) is 9.59 Å². The Labute approximate surface area is 69.4 Å². The van der Waals surface area contributed by atoms with Crippen LogP contribution in [0.25, 0.3) is 0 Å². The number of amides is 2. The van der Waals surface area contributed by atoms with E-state index < -0.39 is 11.8 Å². The fraction of sp³-hybridized carbons (Fsp3) is 0.333. The van der Waals surface area contributed by atoms with Gasteiger partial charge in [-0.2, -0.15) is 10.5 Å². The molecule has 6 nitrogen and oxygen atoms in total. The van der Waals surface area contributed by atoms with Crippen molar-refractivity contribution in [3.63, 3.8) is 0 Å². The third-order valence-electron chi connectivity index (χ3n) is 0.507. The van der Waals surface area contributed by atoms with Crippen LogP contribution in [0.3, 0.4) is 0 Å². The van der Waals surface area contributed by atoms with E-state index in [2.05, 4.69) is 11.5 Å². The van der Waals surface area contributed by atoms with E-state index in [0.29, 0.717) is 0 Å². The van der Waals surface area contributed by atoms with Crippen LogP contribution >= 0.6 is 0 Å². The zero-order valence-corrected chi connectivity index (χ0v) is 6.28. The lowest BCUT2D eigenvalue weighted by molar-refractivity contribution is -0.125. The van der Waals surface area contributed by atoms with Gasteiger partial charge in [-0.3, -0.25) is 9.59 Å². The molecule has 64 valence electrons. The summed E-state index contributed by atoms with van der Waals surface area (Å²) in [6, 6.07) is 3.31. The Hall–Kier alpha value is -2.08. The average Bonchev–Trinajstić information content (AvgIpc) is 1.87. The highest BCUT2D eigenvalue weighted by molar-refractivity contribution is 5.95. The topological polar surface area (TPSA) is 134 Å². The number of carbonyl (C=O) groups excluding carboxylic acids is 2. The maximum absolute atomic E-state index is 9.73. The number of carbonyl (C=O) groups is 2. The largest absolute Gasteiger partial charge is 0.369 e. The fourth-order valence-electron chi connectivity index (χ4n) is 0.207. The van der Waals surface area contributed by atoms with Crippen molar-refractivity contribution in [1.82, 2.24) is 0 Å². The summed E-state index contributed by atoms with van der Waals surface area (Å²) in [5.74, 6) is -1.37. The molecule has 0 saturated heterocycles. The van der Waals surface area contributed by atoms with E-state index in [-0.39, 0.29) is 12.8 Å². The number of hydrogen-bond donors (Lipinski definition) is 2. The van der Waals surface area contributed by atoms with Crippen molar-refractivity contribution in [3.8, 4) is 12.1 Å². The number of rotatable bonds is 2. The van der Waals surface area contributed by atoms with Crippen molar-refractivity contribution in [2.75, 3.05) is 0 Å². The molecule has 0 heterocycles. The van der Waals surface area contributed by atoms with Crippen LogP contribution in [-0.4, -0.2) is 11.8 Å². The van der Waals surface area contributed by atoms with Gasteiger partial charge < -0.3 is 11.5 Å². The third-order valence-corrected chi connectivity index (χ3v) is 0.507. The van der Waals surface area contributed by atoms with Crippen LogP contribution in [0.5, 0.6) is 0 Å². The normalized spacial score (nSPS) is 6.50. The summed E-state index contributed by atoms with van der Waals surface area (Å²) in [6.45, 7) is 0. The Morgan fingerprint density at radius 3 is 1.42 bits per heavy atom. The fourth-order valence-corrected chi connectivity index (χ4v) is 0.207. The van der Waals surface area contributed by atoms with Gasteiger partial charge in [-0.1, -0.05) is 0 Å². The highest BCUT2D eigenvalue weighted by Crippen LogP contribution is 1.68. The van der Waals surface area contributed by atoms with Crippen molar-refractivity contribution < 1.29 is 9.59 Å². The van der Waals surface area contributed by atoms with Gasteiger partial charge in [-0.25, -0.2) is 0 Å². The number of primary amides is 2. The molecule has 0 aliphatic heterocycles. The van der Waals surface area contributed by atoms with E-state index in [9.17, 15) is 9.59 Å². The molecule has 6 heteroatoms. The van der Waals surface area contributed by atoms with Crippen molar-refractivity contribution in [3.05, 3.63) is 0 Å². The van der Waals surface area contributed by atoms with Gasteiger partial charge in [0.05, 0.1) is 12.1 Å². The summed E-state index contributed by atoms with van der Waals surface area (Å²) in [7, 11) is 0. The van der Waals surface area contributed by atoms with Crippen LogP contribution < -0.4 is 11.5 Å². The van der Waals surface area contributed by atoms with Gasteiger partial charge in [0.2, 0.25) is 11.8 Å². The van der Waals surface area contributed by atoms with Gasteiger partial charge in [-0.15, -0.1) is 0 Å². The predicted molar refractivity (Wildman–Crippen MR) is 38.8 cm³/mol. The first kappa shape index (κ1) is 12.6. The molecule has 0 fully saturated rings. The first-order valence-electron chi connectivity index (χ1n) is 2.85. The van der Waals surface area contributed by atoms with E-state index in [1.807, 2.05) is 0 Å². The van der Waals surface area contributed by atoms with E-state index in [1.165, 1.54) is 0 Å². The second-order valence-electron chi connectivity index (χ2n) is 1.60. The summed E-state index contributed by atoms with van der Waals surface area (Å²) in [5, 5.41) is 15.2. The van der Waals surface area contributed by atoms with Crippen LogP contribution in [0.15, 0.2) is 0 Å². The lowest BCUT2D eigenvalue weighted by Gasteiger charge is -1.82. The minimum atomic E-state index is -0.687. The molecule has 0 aromatic rings. The van der Waals surface area contributed by atoms with Crippen LogP contribution in [0.1, 0.15) is 12.8 Å². The van der Waals surface area contributed by atoms with Crippen LogP contribution in [0.2, 0.25) is 0 Å². The second-order valence-corrected chi connectivity index (χ2v) is 1.60. The molecule has 2 amide bonds. The molecule has 0 radical (unpaired) electrons. The molecule has 12 heavy (non-hydrogen) atoms. The van der Waals surface area contributed by atoms with Gasteiger partial charge in [-0.05, 0) is 0 Å². The summed E-state index contributed by atoms with van der Waals surface area (Å²) in [5.41, 5.74) is 9.11.